The molecule has 1 fully saturated rings. The van der Waals surface area contributed by atoms with E-state index >= 15 is 0 Å². The maximum atomic E-state index is 9.38. The van der Waals surface area contributed by atoms with Crippen LogP contribution < -0.4 is 0 Å². The van der Waals surface area contributed by atoms with Crippen molar-refractivity contribution in [1.29, 1.82) is 0 Å². The second-order valence-electron chi connectivity index (χ2n) is 4.85. The van der Waals surface area contributed by atoms with E-state index in [4.69, 9.17) is 0 Å². The quantitative estimate of drug-likeness (QED) is 0.821. The van der Waals surface area contributed by atoms with Crippen molar-refractivity contribution >= 4 is 0 Å². The summed E-state index contributed by atoms with van der Waals surface area (Å²) in [5.74, 6) is 0.344. The molecule has 1 heteroatoms. The highest BCUT2D eigenvalue weighted by molar-refractivity contribution is 5.43. The molecule has 0 heterocycles. The zero-order valence-corrected chi connectivity index (χ0v) is 9.76. The predicted octanol–water partition coefficient (Wildman–Crippen LogP) is 3.86. The minimum absolute atomic E-state index is 0.189. The van der Waals surface area contributed by atoms with E-state index in [1.54, 1.807) is 12.1 Å². The molecule has 1 N–H and O–H groups in total. The van der Waals surface area contributed by atoms with Crippen molar-refractivity contribution < 1.29 is 5.11 Å². The van der Waals surface area contributed by atoms with Gasteiger partial charge in [-0.2, -0.15) is 0 Å². The van der Waals surface area contributed by atoms with Gasteiger partial charge >= 0.3 is 0 Å². The molecule has 2 aromatic carbocycles. The molecule has 0 amide bonds. The van der Waals surface area contributed by atoms with Crippen LogP contribution in [0.1, 0.15) is 30.4 Å². The van der Waals surface area contributed by atoms with E-state index < -0.39 is 0 Å². The van der Waals surface area contributed by atoms with Gasteiger partial charge in [0.25, 0.3) is 0 Å². The molecule has 0 saturated heterocycles. The number of rotatable bonds is 2. The molecular formula is C16H16O. The molecule has 1 saturated carbocycles. The number of phenolic OH excluding ortho intramolecular Hbond substituents is 1. The van der Waals surface area contributed by atoms with Gasteiger partial charge in [0, 0.05) is 5.41 Å². The van der Waals surface area contributed by atoms with E-state index in [-0.39, 0.29) is 5.41 Å². The van der Waals surface area contributed by atoms with Crippen molar-refractivity contribution in [3.05, 3.63) is 65.7 Å². The lowest BCUT2D eigenvalue weighted by Crippen LogP contribution is -2.35. The molecule has 0 unspecified atom stereocenters. The van der Waals surface area contributed by atoms with Gasteiger partial charge in [0.2, 0.25) is 0 Å². The van der Waals surface area contributed by atoms with E-state index in [9.17, 15) is 5.11 Å². The van der Waals surface area contributed by atoms with Gasteiger partial charge in [-0.05, 0) is 36.1 Å². The van der Waals surface area contributed by atoms with Crippen LogP contribution in [0.15, 0.2) is 54.6 Å². The third kappa shape index (κ3) is 1.62. The topological polar surface area (TPSA) is 20.2 Å². The van der Waals surface area contributed by atoms with E-state index in [1.807, 2.05) is 0 Å². The fraction of sp³-hybridized carbons (Fsp3) is 0.250. The predicted molar refractivity (Wildman–Crippen MR) is 69.2 cm³/mol. The summed E-state index contributed by atoms with van der Waals surface area (Å²) in [6, 6.07) is 18.4. The average Bonchev–Trinajstić information content (AvgIpc) is 2.32. The average molecular weight is 224 g/mol. The highest BCUT2D eigenvalue weighted by Crippen LogP contribution is 2.48. The number of hydrogen-bond acceptors (Lipinski definition) is 1. The van der Waals surface area contributed by atoms with Crippen molar-refractivity contribution in [3.8, 4) is 5.75 Å². The molecule has 17 heavy (non-hydrogen) atoms. The van der Waals surface area contributed by atoms with Crippen LogP contribution in [0.3, 0.4) is 0 Å². The van der Waals surface area contributed by atoms with Crippen LogP contribution in [0.5, 0.6) is 5.75 Å². The molecule has 1 nitrogen and oxygen atoms in total. The molecule has 2 aromatic rings. The van der Waals surface area contributed by atoms with Crippen molar-refractivity contribution in [2.75, 3.05) is 0 Å². The van der Waals surface area contributed by atoms with Crippen LogP contribution in [-0.4, -0.2) is 5.11 Å². The Morgan fingerprint density at radius 3 is 1.88 bits per heavy atom. The Morgan fingerprint density at radius 1 is 0.765 bits per heavy atom. The monoisotopic (exact) mass is 224 g/mol. The molecule has 1 aliphatic carbocycles. The van der Waals surface area contributed by atoms with E-state index in [2.05, 4.69) is 42.5 Å². The lowest BCUT2D eigenvalue weighted by atomic mass is 9.60. The first-order valence-electron chi connectivity index (χ1n) is 6.16. The Labute approximate surface area is 102 Å². The van der Waals surface area contributed by atoms with Gasteiger partial charge in [-0.1, -0.05) is 48.9 Å². The highest BCUT2D eigenvalue weighted by atomic mass is 16.3. The number of phenols is 1. The first-order chi connectivity index (χ1) is 8.31. The third-order valence-corrected chi connectivity index (χ3v) is 3.95. The molecule has 0 radical (unpaired) electrons. The standard InChI is InChI=1S/C16H16O/c17-15-9-7-14(8-10-15)16(11-4-12-16)13-5-2-1-3-6-13/h1-3,5-10,17H,4,11-12H2. The van der Waals surface area contributed by atoms with Crippen LogP contribution in [0.25, 0.3) is 0 Å². The number of benzene rings is 2. The fourth-order valence-electron chi connectivity index (χ4n) is 2.81. The van der Waals surface area contributed by atoms with Crippen molar-refractivity contribution in [1.82, 2.24) is 0 Å². The minimum atomic E-state index is 0.189. The summed E-state index contributed by atoms with van der Waals surface area (Å²) in [5, 5.41) is 9.38. The summed E-state index contributed by atoms with van der Waals surface area (Å²) in [6.07, 6.45) is 3.71. The Kier molecular flexibility index (Phi) is 2.40. The Morgan fingerprint density at radius 2 is 1.35 bits per heavy atom. The first-order valence-corrected chi connectivity index (χ1v) is 6.16. The summed E-state index contributed by atoms with van der Waals surface area (Å²) < 4.78 is 0. The minimum Gasteiger partial charge on any atom is -0.508 e. The maximum Gasteiger partial charge on any atom is 0.115 e. The van der Waals surface area contributed by atoms with Gasteiger partial charge in [0.1, 0.15) is 5.75 Å². The lowest BCUT2D eigenvalue weighted by Gasteiger charge is -2.43. The Balaban J connectivity index is 2.06. The molecule has 1 aliphatic rings. The van der Waals surface area contributed by atoms with Gasteiger partial charge in [-0.15, -0.1) is 0 Å². The van der Waals surface area contributed by atoms with Gasteiger partial charge in [-0.25, -0.2) is 0 Å². The van der Waals surface area contributed by atoms with Gasteiger partial charge in [0.15, 0.2) is 0 Å². The lowest BCUT2D eigenvalue weighted by molar-refractivity contribution is 0.301. The van der Waals surface area contributed by atoms with Crippen LogP contribution in [-0.2, 0) is 5.41 Å². The van der Waals surface area contributed by atoms with Gasteiger partial charge < -0.3 is 5.11 Å². The fourth-order valence-corrected chi connectivity index (χ4v) is 2.81. The zero-order chi connectivity index (χ0) is 11.7. The molecule has 0 aromatic heterocycles. The molecule has 0 bridgehead atoms. The molecule has 3 rings (SSSR count). The van der Waals surface area contributed by atoms with E-state index in [0.717, 1.165) is 0 Å². The van der Waals surface area contributed by atoms with Crippen molar-refractivity contribution in [3.63, 3.8) is 0 Å². The molecule has 86 valence electrons. The molecule has 0 atom stereocenters. The second-order valence-corrected chi connectivity index (χ2v) is 4.85. The summed E-state index contributed by atoms with van der Waals surface area (Å²) in [7, 11) is 0. The summed E-state index contributed by atoms with van der Waals surface area (Å²) in [5.41, 5.74) is 2.92. The second kappa shape index (κ2) is 3.92. The van der Waals surface area contributed by atoms with Crippen LogP contribution in [0.2, 0.25) is 0 Å². The molecular weight excluding hydrogens is 208 g/mol. The van der Waals surface area contributed by atoms with Crippen LogP contribution in [0.4, 0.5) is 0 Å². The summed E-state index contributed by atoms with van der Waals surface area (Å²) >= 11 is 0. The zero-order valence-electron chi connectivity index (χ0n) is 9.76. The highest BCUT2D eigenvalue weighted by Gasteiger charge is 2.39. The normalized spacial score (nSPS) is 17.4. The van der Waals surface area contributed by atoms with Gasteiger partial charge in [-0.3, -0.25) is 0 Å². The smallest absolute Gasteiger partial charge is 0.115 e. The van der Waals surface area contributed by atoms with Crippen molar-refractivity contribution in [2.45, 2.75) is 24.7 Å². The number of aromatic hydroxyl groups is 1. The maximum absolute atomic E-state index is 9.38. The molecule has 0 spiro atoms. The Hall–Kier alpha value is -1.76. The Bertz CT molecular complexity index is 495. The van der Waals surface area contributed by atoms with E-state index in [1.165, 1.54) is 30.4 Å². The van der Waals surface area contributed by atoms with Gasteiger partial charge in [0.05, 0.1) is 0 Å². The largest absolute Gasteiger partial charge is 0.508 e. The SMILES string of the molecule is Oc1ccc(C2(c3ccccc3)CCC2)cc1. The molecule has 0 aliphatic heterocycles. The van der Waals surface area contributed by atoms with Crippen molar-refractivity contribution in [2.24, 2.45) is 0 Å². The van der Waals surface area contributed by atoms with Crippen LogP contribution >= 0.6 is 0 Å². The third-order valence-electron chi connectivity index (χ3n) is 3.95. The van der Waals surface area contributed by atoms with Crippen LogP contribution in [0, 0.1) is 0 Å². The summed E-state index contributed by atoms with van der Waals surface area (Å²) in [4.78, 5) is 0. The number of hydrogen-bond donors (Lipinski definition) is 1. The van der Waals surface area contributed by atoms with E-state index in [0.29, 0.717) is 5.75 Å². The summed E-state index contributed by atoms with van der Waals surface area (Å²) in [6.45, 7) is 0. The first kappa shape index (κ1) is 10.4.